The van der Waals surface area contributed by atoms with Crippen LogP contribution in [-0.2, 0) is 0 Å². The number of benzene rings is 1. The molecule has 0 atom stereocenters. The van der Waals surface area contributed by atoms with Crippen LogP contribution < -0.4 is 5.73 Å². The number of aryl methyl sites for hydroxylation is 1. The Hall–Kier alpha value is -0.980. The summed E-state index contributed by atoms with van der Waals surface area (Å²) in [4.78, 5) is 0. The van der Waals surface area contributed by atoms with Crippen molar-refractivity contribution in [3.05, 3.63) is 29.3 Å². The highest BCUT2D eigenvalue weighted by Crippen LogP contribution is 2.60. The lowest BCUT2D eigenvalue weighted by Crippen LogP contribution is -2.43. The molecule has 96 valence electrons. The van der Waals surface area contributed by atoms with E-state index in [1.807, 2.05) is 0 Å². The summed E-state index contributed by atoms with van der Waals surface area (Å²) in [5, 5.41) is 0. The zero-order chi connectivity index (χ0) is 12.3. The lowest BCUT2D eigenvalue weighted by molar-refractivity contribution is -0.00256. The molecule has 0 unspecified atom stereocenters. The highest BCUT2D eigenvalue weighted by Gasteiger charge is 2.48. The molecule has 4 aliphatic carbocycles. The summed E-state index contributed by atoms with van der Waals surface area (Å²) in [5.41, 5.74) is 10.2. The maximum absolute atomic E-state index is 6.27. The Kier molecular flexibility index (Phi) is 2.27. The number of nitrogens with two attached hydrogens (primary N) is 1. The van der Waals surface area contributed by atoms with Crippen LogP contribution in [0.25, 0.3) is 0 Å². The minimum Gasteiger partial charge on any atom is -0.398 e. The molecule has 1 nitrogen and oxygen atoms in total. The average molecular weight is 241 g/mol. The second-order valence-corrected chi connectivity index (χ2v) is 7.09. The highest BCUT2D eigenvalue weighted by atomic mass is 14.6. The molecule has 18 heavy (non-hydrogen) atoms. The molecular weight excluding hydrogens is 218 g/mol. The van der Waals surface area contributed by atoms with E-state index >= 15 is 0 Å². The van der Waals surface area contributed by atoms with Gasteiger partial charge in [-0.2, -0.15) is 0 Å². The van der Waals surface area contributed by atoms with Crippen LogP contribution >= 0.6 is 0 Å². The molecule has 0 saturated heterocycles. The molecule has 1 heteroatoms. The summed E-state index contributed by atoms with van der Waals surface area (Å²) >= 11 is 0. The summed E-state index contributed by atoms with van der Waals surface area (Å²) < 4.78 is 0. The summed E-state index contributed by atoms with van der Waals surface area (Å²) in [6.45, 7) is 2.19. The van der Waals surface area contributed by atoms with Crippen LogP contribution in [0, 0.1) is 30.6 Å². The number of anilines is 1. The summed E-state index contributed by atoms with van der Waals surface area (Å²) in [7, 11) is 0. The van der Waals surface area contributed by atoms with Gasteiger partial charge in [-0.15, -0.1) is 0 Å². The van der Waals surface area contributed by atoms with Gasteiger partial charge in [-0.1, -0.05) is 17.7 Å². The number of nitrogen functional groups attached to an aromatic ring is 1. The predicted octanol–water partition coefficient (Wildman–Crippen LogP) is 4.12. The van der Waals surface area contributed by atoms with E-state index in [1.54, 1.807) is 0 Å². The summed E-state index contributed by atoms with van der Waals surface area (Å²) in [5.74, 6) is 4.75. The van der Waals surface area contributed by atoms with Crippen molar-refractivity contribution < 1.29 is 0 Å². The first-order valence-electron chi connectivity index (χ1n) is 7.56. The van der Waals surface area contributed by atoms with E-state index in [4.69, 9.17) is 5.73 Å². The van der Waals surface area contributed by atoms with Gasteiger partial charge in [0.05, 0.1) is 0 Å². The molecule has 0 aromatic heterocycles. The van der Waals surface area contributed by atoms with Crippen LogP contribution in [-0.4, -0.2) is 0 Å². The fourth-order valence-corrected chi connectivity index (χ4v) is 5.42. The normalized spacial score (nSPS) is 41.3. The second kappa shape index (κ2) is 3.76. The Morgan fingerprint density at radius 2 is 1.56 bits per heavy atom. The smallest absolute Gasteiger partial charge is 0.0349 e. The molecule has 4 aliphatic rings. The lowest BCUT2D eigenvalue weighted by Gasteiger charge is -2.54. The Bertz CT molecular complexity index is 448. The molecule has 0 amide bonds. The molecule has 5 rings (SSSR count). The average Bonchev–Trinajstić information content (AvgIpc) is 2.32. The van der Waals surface area contributed by atoms with Crippen LogP contribution in [0.3, 0.4) is 0 Å². The van der Waals surface area contributed by atoms with Crippen molar-refractivity contribution in [3.63, 3.8) is 0 Å². The van der Waals surface area contributed by atoms with Crippen LogP contribution in [0.4, 0.5) is 5.69 Å². The molecule has 0 spiro atoms. The molecule has 0 radical (unpaired) electrons. The van der Waals surface area contributed by atoms with Crippen molar-refractivity contribution in [2.75, 3.05) is 5.73 Å². The second-order valence-electron chi connectivity index (χ2n) is 7.09. The topological polar surface area (TPSA) is 26.0 Å². The Morgan fingerprint density at radius 3 is 2.17 bits per heavy atom. The molecule has 4 saturated carbocycles. The first-order chi connectivity index (χ1) is 8.70. The van der Waals surface area contributed by atoms with Gasteiger partial charge in [-0.05, 0) is 80.2 Å². The molecule has 1 aromatic carbocycles. The van der Waals surface area contributed by atoms with Gasteiger partial charge in [0.15, 0.2) is 0 Å². The van der Waals surface area contributed by atoms with E-state index in [2.05, 4.69) is 25.1 Å². The standard InChI is InChI=1S/C17H23N/c1-10-2-3-16(18)15(4-10)17-13-6-11-5-12(8-13)9-14(17)7-11/h2-4,11-14,17H,5-9,18H2,1H3. The Balaban J connectivity index is 1.74. The van der Waals surface area contributed by atoms with Crippen molar-refractivity contribution in [1.82, 2.24) is 0 Å². The van der Waals surface area contributed by atoms with E-state index in [0.717, 1.165) is 35.3 Å². The molecule has 2 N–H and O–H groups in total. The Morgan fingerprint density at radius 1 is 0.944 bits per heavy atom. The molecule has 4 bridgehead atoms. The van der Waals surface area contributed by atoms with Crippen molar-refractivity contribution in [2.45, 2.75) is 44.9 Å². The van der Waals surface area contributed by atoms with Gasteiger partial charge in [-0.25, -0.2) is 0 Å². The van der Waals surface area contributed by atoms with Gasteiger partial charge in [0.25, 0.3) is 0 Å². The van der Waals surface area contributed by atoms with Crippen molar-refractivity contribution in [1.29, 1.82) is 0 Å². The minimum atomic E-state index is 0.776. The van der Waals surface area contributed by atoms with Crippen molar-refractivity contribution in [3.8, 4) is 0 Å². The third-order valence-corrected chi connectivity index (χ3v) is 5.83. The van der Waals surface area contributed by atoms with Crippen LogP contribution in [0.1, 0.15) is 49.1 Å². The van der Waals surface area contributed by atoms with Gasteiger partial charge < -0.3 is 5.73 Å². The first kappa shape index (κ1) is 10.9. The molecule has 4 fully saturated rings. The van der Waals surface area contributed by atoms with Gasteiger partial charge in [0, 0.05) is 5.69 Å². The maximum Gasteiger partial charge on any atom is 0.0349 e. The van der Waals surface area contributed by atoms with E-state index in [1.165, 1.54) is 43.2 Å². The van der Waals surface area contributed by atoms with Gasteiger partial charge in [-0.3, -0.25) is 0 Å². The zero-order valence-electron chi connectivity index (χ0n) is 11.2. The van der Waals surface area contributed by atoms with Gasteiger partial charge in [0.2, 0.25) is 0 Å². The van der Waals surface area contributed by atoms with Gasteiger partial charge in [0.1, 0.15) is 0 Å². The Labute approximate surface area is 110 Å². The number of hydrogen-bond acceptors (Lipinski definition) is 1. The van der Waals surface area contributed by atoms with E-state index in [0.29, 0.717) is 0 Å². The third kappa shape index (κ3) is 1.52. The fraction of sp³-hybridized carbons (Fsp3) is 0.647. The maximum atomic E-state index is 6.27. The minimum absolute atomic E-state index is 0.776. The van der Waals surface area contributed by atoms with Crippen LogP contribution in [0.2, 0.25) is 0 Å². The summed E-state index contributed by atoms with van der Waals surface area (Å²) in [6, 6.07) is 6.63. The monoisotopic (exact) mass is 241 g/mol. The third-order valence-electron chi connectivity index (χ3n) is 5.83. The zero-order valence-corrected chi connectivity index (χ0v) is 11.2. The molecular formula is C17H23N. The number of hydrogen-bond donors (Lipinski definition) is 1. The lowest BCUT2D eigenvalue weighted by atomic mass is 9.50. The van der Waals surface area contributed by atoms with Crippen molar-refractivity contribution >= 4 is 5.69 Å². The largest absolute Gasteiger partial charge is 0.398 e. The van der Waals surface area contributed by atoms with Crippen LogP contribution in [0.5, 0.6) is 0 Å². The predicted molar refractivity (Wildman–Crippen MR) is 75.4 cm³/mol. The first-order valence-corrected chi connectivity index (χ1v) is 7.56. The van der Waals surface area contributed by atoms with Gasteiger partial charge >= 0.3 is 0 Å². The fourth-order valence-electron chi connectivity index (χ4n) is 5.42. The van der Waals surface area contributed by atoms with Crippen LogP contribution in [0.15, 0.2) is 18.2 Å². The molecule has 1 aromatic rings. The highest BCUT2D eigenvalue weighted by molar-refractivity contribution is 5.51. The number of rotatable bonds is 1. The molecule has 0 heterocycles. The summed E-state index contributed by atoms with van der Waals surface area (Å²) in [6.07, 6.45) is 7.44. The SMILES string of the molecule is Cc1ccc(N)c(C2C3CC4CC(C3)CC2C4)c1. The quantitative estimate of drug-likeness (QED) is 0.735. The van der Waals surface area contributed by atoms with E-state index in [9.17, 15) is 0 Å². The van der Waals surface area contributed by atoms with E-state index in [-0.39, 0.29) is 0 Å². The van der Waals surface area contributed by atoms with Crippen molar-refractivity contribution in [2.24, 2.45) is 23.7 Å². The molecule has 0 aliphatic heterocycles. The van der Waals surface area contributed by atoms with E-state index < -0.39 is 0 Å².